The van der Waals surface area contributed by atoms with Crippen molar-refractivity contribution in [3.05, 3.63) is 101 Å². The quantitative estimate of drug-likeness (QED) is 0.503. The fourth-order valence-electron chi connectivity index (χ4n) is 3.09. The highest BCUT2D eigenvalue weighted by molar-refractivity contribution is 5.93. The third-order valence-electron chi connectivity index (χ3n) is 4.74. The van der Waals surface area contributed by atoms with E-state index in [1.807, 2.05) is 18.3 Å². The SMILES string of the molecule is N#Cc1ccc(Cc2cn3cc(C(=O)NCc4ccc(C(=O)O)cc4)cnc3n2)cc1. The van der Waals surface area contributed by atoms with Gasteiger partial charge in [0.1, 0.15) is 0 Å². The number of carboxylic acid groups (broad SMARTS) is 1. The van der Waals surface area contributed by atoms with Crippen molar-refractivity contribution in [3.8, 4) is 6.07 Å². The van der Waals surface area contributed by atoms with Crippen LogP contribution in [-0.2, 0) is 13.0 Å². The van der Waals surface area contributed by atoms with E-state index in [0.717, 1.165) is 16.8 Å². The molecule has 0 aliphatic carbocycles. The molecular weight excluding hydrogens is 394 g/mol. The zero-order valence-electron chi connectivity index (χ0n) is 16.3. The molecule has 1 amide bonds. The average molecular weight is 411 g/mol. The van der Waals surface area contributed by atoms with Crippen LogP contribution in [0.15, 0.2) is 67.1 Å². The van der Waals surface area contributed by atoms with Crippen molar-refractivity contribution in [3.63, 3.8) is 0 Å². The summed E-state index contributed by atoms with van der Waals surface area (Å²) in [5.41, 5.74) is 3.80. The van der Waals surface area contributed by atoms with Crippen molar-refractivity contribution in [1.82, 2.24) is 19.7 Å². The topological polar surface area (TPSA) is 120 Å². The number of imidazole rings is 1. The van der Waals surface area contributed by atoms with Crippen LogP contribution in [0.5, 0.6) is 0 Å². The molecule has 2 aromatic carbocycles. The van der Waals surface area contributed by atoms with Crippen molar-refractivity contribution in [2.45, 2.75) is 13.0 Å². The molecule has 0 saturated carbocycles. The summed E-state index contributed by atoms with van der Waals surface area (Å²) < 4.78 is 1.70. The van der Waals surface area contributed by atoms with Crippen LogP contribution >= 0.6 is 0 Å². The van der Waals surface area contributed by atoms with Gasteiger partial charge in [-0.2, -0.15) is 5.26 Å². The molecule has 2 heterocycles. The molecule has 0 spiro atoms. The summed E-state index contributed by atoms with van der Waals surface area (Å²) in [5, 5.41) is 20.6. The number of rotatable bonds is 6. The zero-order valence-corrected chi connectivity index (χ0v) is 16.3. The fourth-order valence-corrected chi connectivity index (χ4v) is 3.09. The van der Waals surface area contributed by atoms with Gasteiger partial charge >= 0.3 is 5.97 Å². The fraction of sp³-hybridized carbons (Fsp3) is 0.0870. The molecule has 0 aliphatic heterocycles. The van der Waals surface area contributed by atoms with Gasteiger partial charge in [-0.25, -0.2) is 14.8 Å². The molecule has 0 aliphatic rings. The van der Waals surface area contributed by atoms with E-state index in [9.17, 15) is 9.59 Å². The number of amides is 1. The van der Waals surface area contributed by atoms with E-state index in [-0.39, 0.29) is 18.0 Å². The molecule has 31 heavy (non-hydrogen) atoms. The van der Waals surface area contributed by atoms with Crippen LogP contribution in [0.3, 0.4) is 0 Å². The first-order valence-corrected chi connectivity index (χ1v) is 9.45. The lowest BCUT2D eigenvalue weighted by atomic mass is 10.1. The number of aromatic carboxylic acids is 1. The van der Waals surface area contributed by atoms with Crippen molar-refractivity contribution in [2.24, 2.45) is 0 Å². The lowest BCUT2D eigenvalue weighted by molar-refractivity contribution is 0.0696. The Labute approximate surface area is 177 Å². The Bertz CT molecular complexity index is 1300. The van der Waals surface area contributed by atoms with Crippen LogP contribution < -0.4 is 5.32 Å². The zero-order chi connectivity index (χ0) is 21.8. The van der Waals surface area contributed by atoms with E-state index in [1.165, 1.54) is 18.3 Å². The molecule has 0 radical (unpaired) electrons. The number of benzene rings is 2. The van der Waals surface area contributed by atoms with Crippen LogP contribution in [-0.4, -0.2) is 31.4 Å². The first kappa shape index (κ1) is 19.8. The number of carbonyl (C=O) groups excluding carboxylic acids is 1. The molecule has 0 saturated heterocycles. The van der Waals surface area contributed by atoms with Crippen molar-refractivity contribution in [2.75, 3.05) is 0 Å². The Morgan fingerprint density at radius 2 is 1.71 bits per heavy atom. The molecule has 8 nitrogen and oxygen atoms in total. The van der Waals surface area contributed by atoms with E-state index in [1.54, 1.807) is 34.9 Å². The van der Waals surface area contributed by atoms with Gasteiger partial charge in [-0.05, 0) is 35.4 Å². The van der Waals surface area contributed by atoms with Gasteiger partial charge in [0.15, 0.2) is 0 Å². The molecule has 0 unspecified atom stereocenters. The molecule has 152 valence electrons. The Hall–Kier alpha value is -4.51. The third kappa shape index (κ3) is 4.57. The number of nitrogens with one attached hydrogen (secondary N) is 1. The van der Waals surface area contributed by atoms with E-state index < -0.39 is 5.97 Å². The number of hydrogen-bond acceptors (Lipinski definition) is 5. The van der Waals surface area contributed by atoms with Gasteiger partial charge in [-0.3, -0.25) is 9.20 Å². The number of nitriles is 1. The minimum Gasteiger partial charge on any atom is -0.478 e. The molecule has 4 aromatic rings. The molecule has 2 N–H and O–H groups in total. The minimum atomic E-state index is -0.992. The number of carboxylic acids is 1. The summed E-state index contributed by atoms with van der Waals surface area (Å²) in [6.07, 6.45) is 5.54. The van der Waals surface area contributed by atoms with Gasteiger partial charge in [0, 0.05) is 31.6 Å². The maximum Gasteiger partial charge on any atom is 0.335 e. The van der Waals surface area contributed by atoms with Crippen LogP contribution in [0.25, 0.3) is 5.78 Å². The van der Waals surface area contributed by atoms with Crippen LogP contribution in [0.1, 0.15) is 43.1 Å². The van der Waals surface area contributed by atoms with Crippen molar-refractivity contribution in [1.29, 1.82) is 5.26 Å². The highest BCUT2D eigenvalue weighted by Gasteiger charge is 2.10. The van der Waals surface area contributed by atoms with Gasteiger partial charge in [-0.1, -0.05) is 24.3 Å². The second kappa shape index (κ2) is 8.47. The molecule has 4 rings (SSSR count). The maximum absolute atomic E-state index is 12.5. The second-order valence-electron chi connectivity index (χ2n) is 6.95. The Kier molecular flexibility index (Phi) is 5.41. The summed E-state index contributed by atoms with van der Waals surface area (Å²) in [5.74, 6) is -0.794. The van der Waals surface area contributed by atoms with Gasteiger partial charge in [0.25, 0.3) is 5.91 Å². The van der Waals surface area contributed by atoms with E-state index in [2.05, 4.69) is 21.4 Å². The normalized spacial score (nSPS) is 10.5. The Morgan fingerprint density at radius 1 is 1.00 bits per heavy atom. The molecule has 0 fully saturated rings. The highest BCUT2D eigenvalue weighted by Crippen LogP contribution is 2.12. The first-order valence-electron chi connectivity index (χ1n) is 9.45. The number of carbonyl (C=O) groups is 2. The maximum atomic E-state index is 12.5. The third-order valence-corrected chi connectivity index (χ3v) is 4.74. The standard InChI is InChI=1S/C23H17N5O3/c24-10-16-3-1-15(2-4-16)9-20-14-28-13-19(12-26-23(28)27-20)21(29)25-11-17-5-7-18(8-6-17)22(30)31/h1-8,12-14H,9,11H2,(H,25,29)(H,30,31). The second-order valence-corrected chi connectivity index (χ2v) is 6.95. The predicted molar refractivity (Wildman–Crippen MR) is 112 cm³/mol. The number of fused-ring (bicyclic) bond motifs is 1. The number of aromatic nitrogens is 3. The summed E-state index contributed by atoms with van der Waals surface area (Å²) in [6.45, 7) is 0.268. The van der Waals surface area contributed by atoms with Crippen molar-refractivity contribution >= 4 is 17.7 Å². The van der Waals surface area contributed by atoms with Gasteiger partial charge < -0.3 is 10.4 Å². The molecule has 0 bridgehead atoms. The smallest absolute Gasteiger partial charge is 0.335 e. The van der Waals surface area contributed by atoms with E-state index >= 15 is 0 Å². The summed E-state index contributed by atoms with van der Waals surface area (Å²) in [4.78, 5) is 32.1. The minimum absolute atomic E-state index is 0.196. The van der Waals surface area contributed by atoms with E-state index in [0.29, 0.717) is 23.3 Å². The predicted octanol–water partition coefficient (Wildman–Crippen LogP) is 2.82. The average Bonchev–Trinajstić information content (AvgIpc) is 3.19. The highest BCUT2D eigenvalue weighted by atomic mass is 16.4. The summed E-state index contributed by atoms with van der Waals surface area (Å²) in [7, 11) is 0. The first-order chi connectivity index (χ1) is 15.0. The van der Waals surface area contributed by atoms with Crippen LogP contribution in [0, 0.1) is 11.3 Å². The lowest BCUT2D eigenvalue weighted by Gasteiger charge is -2.06. The van der Waals surface area contributed by atoms with Crippen LogP contribution in [0.4, 0.5) is 0 Å². The number of nitrogens with zero attached hydrogens (tertiary/aromatic N) is 4. The van der Waals surface area contributed by atoms with Crippen molar-refractivity contribution < 1.29 is 14.7 Å². The lowest BCUT2D eigenvalue weighted by Crippen LogP contribution is -2.23. The monoisotopic (exact) mass is 411 g/mol. The van der Waals surface area contributed by atoms with Gasteiger partial charge in [0.05, 0.1) is 28.5 Å². The summed E-state index contributed by atoms with van der Waals surface area (Å²) in [6, 6.07) is 15.7. The van der Waals surface area contributed by atoms with E-state index in [4.69, 9.17) is 10.4 Å². The molecule has 2 aromatic heterocycles. The van der Waals surface area contributed by atoms with Gasteiger partial charge in [0.2, 0.25) is 5.78 Å². The van der Waals surface area contributed by atoms with Gasteiger partial charge in [-0.15, -0.1) is 0 Å². The summed E-state index contributed by atoms with van der Waals surface area (Å²) >= 11 is 0. The number of hydrogen-bond donors (Lipinski definition) is 2. The largest absolute Gasteiger partial charge is 0.478 e. The Balaban J connectivity index is 1.43. The molecule has 0 atom stereocenters. The molecular formula is C23H17N5O3. The molecule has 8 heteroatoms. The Morgan fingerprint density at radius 3 is 2.39 bits per heavy atom. The van der Waals surface area contributed by atoms with Crippen LogP contribution in [0.2, 0.25) is 0 Å².